The molecule has 0 saturated heterocycles. The van der Waals surface area contributed by atoms with Crippen molar-refractivity contribution in [2.75, 3.05) is 18.5 Å². The summed E-state index contributed by atoms with van der Waals surface area (Å²) in [7, 11) is 0. The zero-order valence-corrected chi connectivity index (χ0v) is 18.6. The number of amidine groups is 1. The summed E-state index contributed by atoms with van der Waals surface area (Å²) in [6.45, 7) is 8.43. The molecule has 3 aromatic heterocycles. The lowest BCUT2D eigenvalue weighted by Crippen LogP contribution is -2.40. The van der Waals surface area contributed by atoms with Crippen LogP contribution < -0.4 is 10.6 Å². The molecule has 9 heteroatoms. The molecule has 1 aliphatic carbocycles. The highest BCUT2D eigenvalue weighted by Gasteiger charge is 2.38. The van der Waals surface area contributed by atoms with E-state index in [9.17, 15) is 0 Å². The van der Waals surface area contributed by atoms with Gasteiger partial charge in [-0.3, -0.25) is 10.1 Å². The van der Waals surface area contributed by atoms with Gasteiger partial charge in [-0.05, 0) is 38.7 Å². The Morgan fingerprint density at radius 2 is 2.19 bits per heavy atom. The number of fused-ring (bicyclic) bond motifs is 4. The van der Waals surface area contributed by atoms with E-state index in [4.69, 9.17) is 14.7 Å². The average molecular weight is 433 g/mol. The van der Waals surface area contributed by atoms with Crippen molar-refractivity contribution in [1.29, 1.82) is 0 Å². The summed E-state index contributed by atoms with van der Waals surface area (Å²) in [5.74, 6) is 3.25. The molecule has 0 saturated carbocycles. The van der Waals surface area contributed by atoms with Crippen LogP contribution in [0.15, 0.2) is 29.4 Å². The van der Waals surface area contributed by atoms with Crippen LogP contribution in [0.5, 0.6) is 0 Å². The summed E-state index contributed by atoms with van der Waals surface area (Å²) in [6, 6.07) is 2.16. The highest BCUT2D eigenvalue weighted by molar-refractivity contribution is 6.03. The van der Waals surface area contributed by atoms with E-state index in [0.29, 0.717) is 12.5 Å². The van der Waals surface area contributed by atoms with Crippen molar-refractivity contribution in [2.24, 2.45) is 10.9 Å². The molecule has 2 unspecified atom stereocenters. The molecule has 0 radical (unpaired) electrons. The summed E-state index contributed by atoms with van der Waals surface area (Å²) in [6.07, 6.45) is 8.10. The summed E-state index contributed by atoms with van der Waals surface area (Å²) < 4.78 is 8.25. The zero-order chi connectivity index (χ0) is 21.9. The van der Waals surface area contributed by atoms with Crippen LogP contribution in [0.4, 0.5) is 5.82 Å². The van der Waals surface area contributed by atoms with Crippen molar-refractivity contribution >= 4 is 22.7 Å². The minimum Gasteiger partial charge on any atom is -0.366 e. The number of hydrogen-bond acceptors (Lipinski definition) is 6. The van der Waals surface area contributed by atoms with Crippen molar-refractivity contribution in [1.82, 2.24) is 30.0 Å². The van der Waals surface area contributed by atoms with Gasteiger partial charge >= 0.3 is 0 Å². The number of hydrogen-bond donors (Lipinski definition) is 3. The number of aliphatic imine (C=N–C) groups is 1. The van der Waals surface area contributed by atoms with Gasteiger partial charge in [0, 0.05) is 35.9 Å². The third-order valence-electron chi connectivity index (χ3n) is 6.60. The molecule has 5 heterocycles. The first kappa shape index (κ1) is 19.5. The largest absolute Gasteiger partial charge is 0.366 e. The molecule has 0 amide bonds. The lowest BCUT2D eigenvalue weighted by atomic mass is 9.96. The van der Waals surface area contributed by atoms with Gasteiger partial charge in [0.1, 0.15) is 29.1 Å². The molecule has 3 N–H and O–H groups in total. The molecule has 3 aromatic rings. The van der Waals surface area contributed by atoms with E-state index in [1.807, 2.05) is 6.20 Å². The second-order valence-electron chi connectivity index (χ2n) is 9.17. The van der Waals surface area contributed by atoms with Crippen LogP contribution in [0.3, 0.4) is 0 Å². The van der Waals surface area contributed by atoms with Crippen molar-refractivity contribution in [3.05, 3.63) is 47.2 Å². The number of nitrogens with one attached hydrogen (secondary N) is 3. The maximum absolute atomic E-state index is 6.00. The lowest BCUT2D eigenvalue weighted by molar-refractivity contribution is -0.0535. The van der Waals surface area contributed by atoms with Crippen LogP contribution in [-0.2, 0) is 23.3 Å². The van der Waals surface area contributed by atoms with Crippen LogP contribution in [0, 0.1) is 5.92 Å². The minimum atomic E-state index is -0.443. The molecular formula is C23H28N8O. The summed E-state index contributed by atoms with van der Waals surface area (Å²) in [5.41, 5.74) is 3.30. The summed E-state index contributed by atoms with van der Waals surface area (Å²) >= 11 is 0. The molecule has 9 nitrogen and oxygen atoms in total. The Balaban J connectivity index is 1.43. The number of rotatable bonds is 4. The summed E-state index contributed by atoms with van der Waals surface area (Å²) in [5, 5.41) is 15.7. The molecule has 3 aliphatic rings. The molecule has 2 atom stereocenters. The Morgan fingerprint density at radius 1 is 1.31 bits per heavy atom. The number of ether oxygens (including phenoxy) is 1. The van der Waals surface area contributed by atoms with E-state index in [2.05, 4.69) is 69.4 Å². The number of imidazole rings is 1. The van der Waals surface area contributed by atoms with Gasteiger partial charge in [0.25, 0.3) is 0 Å². The summed E-state index contributed by atoms with van der Waals surface area (Å²) in [4.78, 5) is 14.5. The van der Waals surface area contributed by atoms with Gasteiger partial charge in [0.2, 0.25) is 0 Å². The number of aryl methyl sites for hydroxylation is 1. The smallest absolute Gasteiger partial charge is 0.181 e. The SMILES string of the molecule is CCc1[nH]nc2ncc(C3NC(=NCC4C=CC4)c4nc5n(c4N3)CCOC5(C)C)cc12. The maximum Gasteiger partial charge on any atom is 0.181 e. The molecule has 2 aliphatic heterocycles. The second-order valence-corrected chi connectivity index (χ2v) is 9.17. The number of anilines is 1. The Hall–Kier alpha value is -3.20. The van der Waals surface area contributed by atoms with Crippen LogP contribution in [0.2, 0.25) is 0 Å². The van der Waals surface area contributed by atoms with Crippen LogP contribution >= 0.6 is 0 Å². The number of nitrogens with zero attached hydrogens (tertiary/aromatic N) is 5. The maximum atomic E-state index is 6.00. The van der Waals surface area contributed by atoms with Crippen molar-refractivity contribution < 1.29 is 4.74 Å². The Morgan fingerprint density at radius 3 is 2.97 bits per heavy atom. The minimum absolute atomic E-state index is 0.165. The van der Waals surface area contributed by atoms with Gasteiger partial charge < -0.3 is 19.9 Å². The number of pyridine rings is 1. The molecule has 166 valence electrons. The second kappa shape index (κ2) is 7.16. The van der Waals surface area contributed by atoms with Crippen molar-refractivity contribution in [3.63, 3.8) is 0 Å². The highest BCUT2D eigenvalue weighted by atomic mass is 16.5. The Kier molecular flexibility index (Phi) is 4.36. The van der Waals surface area contributed by atoms with Gasteiger partial charge in [-0.25, -0.2) is 9.97 Å². The van der Waals surface area contributed by atoms with Gasteiger partial charge in [0.05, 0.1) is 6.61 Å². The predicted molar refractivity (Wildman–Crippen MR) is 123 cm³/mol. The third-order valence-corrected chi connectivity index (χ3v) is 6.60. The monoisotopic (exact) mass is 432 g/mol. The normalized spacial score (nSPS) is 24.5. The Bertz CT molecular complexity index is 1250. The van der Waals surface area contributed by atoms with Crippen LogP contribution in [0.25, 0.3) is 11.0 Å². The number of aromatic amines is 1. The van der Waals surface area contributed by atoms with E-state index in [1.165, 1.54) is 0 Å². The van der Waals surface area contributed by atoms with E-state index in [0.717, 1.165) is 71.4 Å². The molecule has 0 aromatic carbocycles. The first-order chi connectivity index (χ1) is 15.5. The van der Waals surface area contributed by atoms with Gasteiger partial charge in [0.15, 0.2) is 11.5 Å². The van der Waals surface area contributed by atoms with Gasteiger partial charge in [-0.1, -0.05) is 19.1 Å². The standard InChI is InChI=1S/C23H28N8O/c1-4-16-15-10-14(12-25-19(15)30-29-16)18-27-20(24-11-13-6-5-7-13)17-21(28-18)31-8-9-32-23(2,3)22(31)26-17/h5-6,10,12-13,18,28H,4,7-9,11H2,1-3H3,(H,24,27)(H,25,29,30). The van der Waals surface area contributed by atoms with E-state index >= 15 is 0 Å². The first-order valence-electron chi connectivity index (χ1n) is 11.4. The fourth-order valence-electron chi connectivity index (χ4n) is 4.63. The Labute approximate surface area is 186 Å². The molecular weight excluding hydrogens is 404 g/mol. The molecule has 32 heavy (non-hydrogen) atoms. The first-order valence-corrected chi connectivity index (χ1v) is 11.4. The van der Waals surface area contributed by atoms with E-state index < -0.39 is 5.60 Å². The number of allylic oxidation sites excluding steroid dienone is 1. The van der Waals surface area contributed by atoms with Gasteiger partial charge in [-0.15, -0.1) is 0 Å². The van der Waals surface area contributed by atoms with Crippen LogP contribution in [0.1, 0.15) is 56.1 Å². The molecule has 0 spiro atoms. The number of aromatic nitrogens is 5. The van der Waals surface area contributed by atoms with E-state index in [-0.39, 0.29) is 6.17 Å². The van der Waals surface area contributed by atoms with Crippen molar-refractivity contribution in [3.8, 4) is 0 Å². The van der Waals surface area contributed by atoms with Crippen LogP contribution in [-0.4, -0.2) is 43.7 Å². The molecule has 0 fully saturated rings. The zero-order valence-electron chi connectivity index (χ0n) is 18.6. The van der Waals surface area contributed by atoms with E-state index in [1.54, 1.807) is 0 Å². The van der Waals surface area contributed by atoms with Crippen molar-refractivity contribution in [2.45, 2.75) is 51.9 Å². The average Bonchev–Trinajstić information content (AvgIpc) is 3.34. The third kappa shape index (κ3) is 3.02. The van der Waals surface area contributed by atoms with Gasteiger partial charge in [-0.2, -0.15) is 5.10 Å². The fraction of sp³-hybridized carbons (Fsp3) is 0.478. The molecule has 6 rings (SSSR count). The molecule has 0 bridgehead atoms. The quantitative estimate of drug-likeness (QED) is 0.548. The number of H-pyrrole nitrogens is 1. The predicted octanol–water partition coefficient (Wildman–Crippen LogP) is 3.02. The highest BCUT2D eigenvalue weighted by Crippen LogP contribution is 2.36. The lowest BCUT2D eigenvalue weighted by Gasteiger charge is -2.33. The topological polar surface area (TPSA) is 105 Å². The fourth-order valence-corrected chi connectivity index (χ4v) is 4.63.